The Labute approximate surface area is 165 Å². The SMILES string of the molecule is CCn1c(S[C@H](C)C(=O)Nc2ccc(F)c(Cl)c2)nnc1-c1cccnc1. The van der Waals surface area contributed by atoms with Gasteiger partial charge in [-0.05, 0) is 44.2 Å². The third-order valence-electron chi connectivity index (χ3n) is 3.79. The van der Waals surface area contributed by atoms with Gasteiger partial charge in [0.2, 0.25) is 5.91 Å². The summed E-state index contributed by atoms with van der Waals surface area (Å²) in [6.07, 6.45) is 3.42. The number of anilines is 1. The number of hydrogen-bond donors (Lipinski definition) is 1. The molecule has 3 aromatic rings. The molecular formula is C18H17ClFN5OS. The number of thioether (sulfide) groups is 1. The minimum Gasteiger partial charge on any atom is -0.325 e. The van der Waals surface area contributed by atoms with Crippen LogP contribution in [-0.4, -0.2) is 30.9 Å². The molecule has 1 atom stereocenters. The molecule has 2 aromatic heterocycles. The standard InChI is InChI=1S/C18H17ClFN5OS/c1-3-25-16(12-5-4-8-21-10-12)23-24-18(25)27-11(2)17(26)22-13-6-7-15(20)14(19)9-13/h4-11H,3H2,1-2H3,(H,22,26)/t11-/m1/s1. The number of carbonyl (C=O) groups is 1. The molecule has 0 saturated heterocycles. The zero-order valence-electron chi connectivity index (χ0n) is 14.7. The third-order valence-corrected chi connectivity index (χ3v) is 5.16. The van der Waals surface area contributed by atoms with Crippen LogP contribution in [-0.2, 0) is 11.3 Å². The summed E-state index contributed by atoms with van der Waals surface area (Å²) in [6, 6.07) is 7.79. The van der Waals surface area contributed by atoms with E-state index < -0.39 is 11.1 Å². The maximum Gasteiger partial charge on any atom is 0.237 e. The van der Waals surface area contributed by atoms with E-state index in [1.165, 1.54) is 30.0 Å². The quantitative estimate of drug-likeness (QED) is 0.620. The van der Waals surface area contributed by atoms with E-state index in [1.54, 1.807) is 19.3 Å². The van der Waals surface area contributed by atoms with E-state index in [0.717, 1.165) is 5.56 Å². The normalized spacial score (nSPS) is 12.0. The molecule has 0 aliphatic heterocycles. The summed E-state index contributed by atoms with van der Waals surface area (Å²) in [5.74, 6) is -0.0710. The Morgan fingerprint density at radius 3 is 2.85 bits per heavy atom. The van der Waals surface area contributed by atoms with Crippen molar-refractivity contribution in [2.45, 2.75) is 30.8 Å². The highest BCUT2D eigenvalue weighted by Gasteiger charge is 2.20. The van der Waals surface area contributed by atoms with Crippen LogP contribution in [0.4, 0.5) is 10.1 Å². The van der Waals surface area contributed by atoms with Crippen molar-refractivity contribution in [1.29, 1.82) is 0 Å². The summed E-state index contributed by atoms with van der Waals surface area (Å²) in [7, 11) is 0. The van der Waals surface area contributed by atoms with Gasteiger partial charge in [0.05, 0.1) is 10.3 Å². The highest BCUT2D eigenvalue weighted by Crippen LogP contribution is 2.27. The average molecular weight is 406 g/mol. The monoisotopic (exact) mass is 405 g/mol. The van der Waals surface area contributed by atoms with Gasteiger partial charge in [-0.3, -0.25) is 9.78 Å². The fourth-order valence-corrected chi connectivity index (χ4v) is 3.49. The molecule has 1 amide bonds. The Morgan fingerprint density at radius 1 is 1.37 bits per heavy atom. The molecule has 0 aliphatic carbocycles. The minimum absolute atomic E-state index is 0.0417. The van der Waals surface area contributed by atoms with Gasteiger partial charge in [0.1, 0.15) is 5.82 Å². The molecular weight excluding hydrogens is 389 g/mol. The van der Waals surface area contributed by atoms with Crippen molar-refractivity contribution in [3.8, 4) is 11.4 Å². The Bertz CT molecular complexity index is 950. The van der Waals surface area contributed by atoms with E-state index in [-0.39, 0.29) is 10.9 Å². The fourth-order valence-electron chi connectivity index (χ4n) is 2.40. The molecule has 0 unspecified atom stereocenters. The molecule has 2 heterocycles. The second-order valence-electron chi connectivity index (χ2n) is 5.67. The highest BCUT2D eigenvalue weighted by atomic mass is 35.5. The van der Waals surface area contributed by atoms with Crippen molar-refractivity contribution in [1.82, 2.24) is 19.7 Å². The highest BCUT2D eigenvalue weighted by molar-refractivity contribution is 8.00. The molecule has 140 valence electrons. The number of amides is 1. The van der Waals surface area contributed by atoms with Gasteiger partial charge in [-0.2, -0.15) is 0 Å². The van der Waals surface area contributed by atoms with Gasteiger partial charge < -0.3 is 9.88 Å². The second kappa shape index (κ2) is 8.49. The summed E-state index contributed by atoms with van der Waals surface area (Å²) < 4.78 is 15.2. The molecule has 1 aromatic carbocycles. The molecule has 9 heteroatoms. The van der Waals surface area contributed by atoms with Crippen LogP contribution in [0.5, 0.6) is 0 Å². The van der Waals surface area contributed by atoms with E-state index in [1.807, 2.05) is 23.6 Å². The maximum absolute atomic E-state index is 13.2. The number of benzene rings is 1. The lowest BCUT2D eigenvalue weighted by atomic mass is 10.3. The van der Waals surface area contributed by atoms with E-state index in [9.17, 15) is 9.18 Å². The lowest BCUT2D eigenvalue weighted by molar-refractivity contribution is -0.115. The van der Waals surface area contributed by atoms with Crippen molar-refractivity contribution in [3.63, 3.8) is 0 Å². The van der Waals surface area contributed by atoms with Gasteiger partial charge >= 0.3 is 0 Å². The van der Waals surface area contributed by atoms with Crippen molar-refractivity contribution < 1.29 is 9.18 Å². The number of rotatable bonds is 6. The summed E-state index contributed by atoms with van der Waals surface area (Å²) in [4.78, 5) is 16.6. The predicted octanol–water partition coefficient (Wildman–Crippen LogP) is 4.27. The van der Waals surface area contributed by atoms with Gasteiger partial charge in [-0.1, -0.05) is 23.4 Å². The van der Waals surface area contributed by atoms with Crippen molar-refractivity contribution >= 4 is 35.0 Å². The van der Waals surface area contributed by atoms with Crippen molar-refractivity contribution in [2.24, 2.45) is 0 Å². The molecule has 0 aliphatic rings. The number of carbonyl (C=O) groups excluding carboxylic acids is 1. The lowest BCUT2D eigenvalue weighted by Gasteiger charge is -2.13. The Kier molecular flexibility index (Phi) is 6.08. The van der Waals surface area contributed by atoms with Crippen molar-refractivity contribution in [2.75, 3.05) is 5.32 Å². The van der Waals surface area contributed by atoms with Gasteiger partial charge in [0.15, 0.2) is 11.0 Å². The number of nitrogens with zero attached hydrogens (tertiary/aromatic N) is 4. The molecule has 27 heavy (non-hydrogen) atoms. The molecule has 0 bridgehead atoms. The van der Waals surface area contributed by atoms with Crippen LogP contribution in [0.2, 0.25) is 5.02 Å². The first-order chi connectivity index (χ1) is 13.0. The van der Waals surface area contributed by atoms with Gasteiger partial charge in [-0.15, -0.1) is 10.2 Å². The Balaban J connectivity index is 1.73. The van der Waals surface area contributed by atoms with Gasteiger partial charge in [0.25, 0.3) is 0 Å². The van der Waals surface area contributed by atoms with Crippen LogP contribution in [0.15, 0.2) is 47.9 Å². The fraction of sp³-hybridized carbons (Fsp3) is 0.222. The van der Waals surface area contributed by atoms with Crippen LogP contribution >= 0.6 is 23.4 Å². The lowest BCUT2D eigenvalue weighted by Crippen LogP contribution is -2.23. The van der Waals surface area contributed by atoms with E-state index >= 15 is 0 Å². The molecule has 1 N–H and O–H groups in total. The number of hydrogen-bond acceptors (Lipinski definition) is 5. The largest absolute Gasteiger partial charge is 0.325 e. The molecule has 0 fully saturated rings. The topological polar surface area (TPSA) is 72.7 Å². The summed E-state index contributed by atoms with van der Waals surface area (Å²) in [5, 5.41) is 11.3. The minimum atomic E-state index is -0.531. The number of nitrogens with one attached hydrogen (secondary N) is 1. The van der Waals surface area contributed by atoms with Crippen LogP contribution in [0, 0.1) is 5.82 Å². The van der Waals surface area contributed by atoms with E-state index in [4.69, 9.17) is 11.6 Å². The first-order valence-electron chi connectivity index (χ1n) is 8.25. The smallest absolute Gasteiger partial charge is 0.237 e. The first kappa shape index (κ1) is 19.3. The van der Waals surface area contributed by atoms with Gasteiger partial charge in [-0.25, -0.2) is 4.39 Å². The molecule has 0 saturated carbocycles. The molecule has 0 spiro atoms. The zero-order chi connectivity index (χ0) is 19.4. The first-order valence-corrected chi connectivity index (χ1v) is 9.51. The summed E-state index contributed by atoms with van der Waals surface area (Å²) in [6.45, 7) is 4.41. The summed E-state index contributed by atoms with van der Waals surface area (Å²) in [5.41, 5.74) is 1.30. The number of halogens is 2. The predicted molar refractivity (Wildman–Crippen MR) is 104 cm³/mol. The van der Waals surface area contributed by atoms with Crippen LogP contribution < -0.4 is 5.32 Å². The van der Waals surface area contributed by atoms with E-state index in [2.05, 4.69) is 20.5 Å². The zero-order valence-corrected chi connectivity index (χ0v) is 16.3. The average Bonchev–Trinajstić information content (AvgIpc) is 3.08. The Hall–Kier alpha value is -2.45. The van der Waals surface area contributed by atoms with Crippen LogP contribution in [0.3, 0.4) is 0 Å². The molecule has 3 rings (SSSR count). The molecule has 0 radical (unpaired) electrons. The Morgan fingerprint density at radius 2 is 2.19 bits per heavy atom. The van der Waals surface area contributed by atoms with Gasteiger partial charge in [0, 0.05) is 30.2 Å². The number of aromatic nitrogens is 4. The summed E-state index contributed by atoms with van der Waals surface area (Å²) >= 11 is 7.04. The van der Waals surface area contributed by atoms with E-state index in [0.29, 0.717) is 23.2 Å². The molecule has 6 nitrogen and oxygen atoms in total. The van der Waals surface area contributed by atoms with Crippen molar-refractivity contribution in [3.05, 3.63) is 53.6 Å². The maximum atomic E-state index is 13.2. The van der Waals surface area contributed by atoms with Crippen LogP contribution in [0.1, 0.15) is 13.8 Å². The third kappa shape index (κ3) is 4.45. The number of pyridine rings is 1. The second-order valence-corrected chi connectivity index (χ2v) is 7.39. The van der Waals surface area contributed by atoms with Crippen LogP contribution in [0.25, 0.3) is 11.4 Å².